The monoisotopic (exact) mass is 304 g/mol. The first-order chi connectivity index (χ1) is 9.88. The third-order valence-electron chi connectivity index (χ3n) is 3.45. The number of carbonyl (C=O) groups excluding carboxylic acids is 1. The molecule has 1 fully saturated rings. The van der Waals surface area contributed by atoms with E-state index in [1.54, 1.807) is 4.90 Å². The molecule has 21 heavy (non-hydrogen) atoms. The number of amides is 2. The van der Waals surface area contributed by atoms with E-state index in [9.17, 15) is 22.4 Å². The Morgan fingerprint density at radius 3 is 2.48 bits per heavy atom. The van der Waals surface area contributed by atoms with Crippen LogP contribution >= 0.6 is 0 Å². The molecule has 0 bridgehead atoms. The first-order valence-corrected chi connectivity index (χ1v) is 6.76. The van der Waals surface area contributed by atoms with Crippen LogP contribution in [0.15, 0.2) is 18.2 Å². The second-order valence-corrected chi connectivity index (χ2v) is 5.01. The van der Waals surface area contributed by atoms with Gasteiger partial charge >= 0.3 is 12.2 Å². The van der Waals surface area contributed by atoms with Gasteiger partial charge < -0.3 is 10.2 Å². The highest BCUT2D eigenvalue weighted by Gasteiger charge is 2.31. The third-order valence-corrected chi connectivity index (χ3v) is 3.45. The maximum atomic E-state index is 13.5. The van der Waals surface area contributed by atoms with Crippen molar-refractivity contribution in [3.05, 3.63) is 35.1 Å². The number of nitrogens with zero attached hydrogens (tertiary/aromatic N) is 1. The molecule has 0 radical (unpaired) electrons. The number of likely N-dealkylation sites (tertiary alicyclic amines) is 1. The Balaban J connectivity index is 2.00. The second kappa shape index (κ2) is 6.32. The summed E-state index contributed by atoms with van der Waals surface area (Å²) in [6, 6.07) is 1.81. The Morgan fingerprint density at radius 2 is 1.86 bits per heavy atom. The van der Waals surface area contributed by atoms with Crippen molar-refractivity contribution in [2.24, 2.45) is 0 Å². The van der Waals surface area contributed by atoms with Crippen LogP contribution in [0.3, 0.4) is 0 Å². The summed E-state index contributed by atoms with van der Waals surface area (Å²) in [7, 11) is 0. The number of urea groups is 1. The molecule has 0 aromatic heterocycles. The van der Waals surface area contributed by atoms with Crippen LogP contribution in [0.2, 0.25) is 0 Å². The molecule has 0 atom stereocenters. The lowest BCUT2D eigenvalue weighted by Gasteiger charge is -2.26. The van der Waals surface area contributed by atoms with Crippen molar-refractivity contribution in [2.75, 3.05) is 13.1 Å². The summed E-state index contributed by atoms with van der Waals surface area (Å²) in [6.45, 7) is 0.985. The van der Waals surface area contributed by atoms with Gasteiger partial charge in [-0.25, -0.2) is 9.18 Å². The van der Waals surface area contributed by atoms with Crippen molar-refractivity contribution in [1.82, 2.24) is 10.2 Å². The highest BCUT2D eigenvalue weighted by atomic mass is 19.4. The number of piperidine rings is 1. The average Bonchev–Trinajstić information content (AvgIpc) is 2.45. The van der Waals surface area contributed by atoms with Crippen molar-refractivity contribution >= 4 is 6.03 Å². The minimum atomic E-state index is -4.53. The molecule has 1 heterocycles. The van der Waals surface area contributed by atoms with Crippen molar-refractivity contribution in [2.45, 2.75) is 32.0 Å². The molecule has 2 amide bonds. The fourth-order valence-corrected chi connectivity index (χ4v) is 2.27. The van der Waals surface area contributed by atoms with Crippen molar-refractivity contribution in [3.63, 3.8) is 0 Å². The number of hydrogen-bond acceptors (Lipinski definition) is 1. The van der Waals surface area contributed by atoms with E-state index in [0.29, 0.717) is 19.2 Å². The molecule has 7 heteroatoms. The van der Waals surface area contributed by atoms with Crippen LogP contribution in [0.4, 0.5) is 22.4 Å². The molecule has 1 aromatic carbocycles. The summed E-state index contributed by atoms with van der Waals surface area (Å²) >= 11 is 0. The Morgan fingerprint density at radius 1 is 1.19 bits per heavy atom. The zero-order valence-corrected chi connectivity index (χ0v) is 11.3. The highest BCUT2D eigenvalue weighted by molar-refractivity contribution is 5.74. The SMILES string of the molecule is O=C(NCc1cc(C(F)(F)F)ccc1F)N1CCCCC1. The molecule has 3 nitrogen and oxygen atoms in total. The molecule has 0 saturated carbocycles. The first kappa shape index (κ1) is 15.6. The number of rotatable bonds is 2. The van der Waals surface area contributed by atoms with Gasteiger partial charge in [0.25, 0.3) is 0 Å². The van der Waals surface area contributed by atoms with Gasteiger partial charge in [0, 0.05) is 25.2 Å². The molecule has 0 unspecified atom stereocenters. The molecular formula is C14H16F4N2O. The van der Waals surface area contributed by atoms with E-state index in [-0.39, 0.29) is 18.1 Å². The molecule has 116 valence electrons. The van der Waals surface area contributed by atoms with Gasteiger partial charge in [0.05, 0.1) is 5.56 Å². The fourth-order valence-electron chi connectivity index (χ4n) is 2.27. The Bertz CT molecular complexity index is 510. The van der Waals surface area contributed by atoms with Crippen LogP contribution in [0, 0.1) is 5.82 Å². The molecule has 1 saturated heterocycles. The highest BCUT2D eigenvalue weighted by Crippen LogP contribution is 2.30. The molecule has 2 rings (SSSR count). The van der Waals surface area contributed by atoms with Gasteiger partial charge in [0.1, 0.15) is 5.82 Å². The van der Waals surface area contributed by atoms with Gasteiger partial charge in [-0.15, -0.1) is 0 Å². The van der Waals surface area contributed by atoms with Crippen LogP contribution in [0.1, 0.15) is 30.4 Å². The summed E-state index contributed by atoms with van der Waals surface area (Å²) in [5.74, 6) is -0.762. The topological polar surface area (TPSA) is 32.3 Å². The largest absolute Gasteiger partial charge is 0.416 e. The quantitative estimate of drug-likeness (QED) is 0.833. The molecule has 0 spiro atoms. The Labute approximate surface area is 119 Å². The normalized spacial score (nSPS) is 15.9. The molecule has 1 aliphatic rings. The molecular weight excluding hydrogens is 288 g/mol. The lowest BCUT2D eigenvalue weighted by atomic mass is 10.1. The van der Waals surface area contributed by atoms with Gasteiger partial charge in [-0.2, -0.15) is 13.2 Å². The number of halogens is 4. The van der Waals surface area contributed by atoms with E-state index in [1.807, 2.05) is 0 Å². The van der Waals surface area contributed by atoms with E-state index >= 15 is 0 Å². The van der Waals surface area contributed by atoms with Gasteiger partial charge in [0.2, 0.25) is 0 Å². The first-order valence-electron chi connectivity index (χ1n) is 6.76. The van der Waals surface area contributed by atoms with Gasteiger partial charge in [-0.3, -0.25) is 0 Å². The standard InChI is InChI=1S/C14H16F4N2O/c15-12-5-4-11(14(16,17)18)8-10(12)9-19-13(21)20-6-2-1-3-7-20/h4-5,8H,1-3,6-7,9H2,(H,19,21). The van der Waals surface area contributed by atoms with Crippen molar-refractivity contribution < 1.29 is 22.4 Å². The minimum Gasteiger partial charge on any atom is -0.334 e. The summed E-state index contributed by atoms with van der Waals surface area (Å²) in [6.07, 6.45) is -1.65. The average molecular weight is 304 g/mol. The van der Waals surface area contributed by atoms with Crippen LogP contribution < -0.4 is 5.32 Å². The van der Waals surface area contributed by atoms with Crippen LogP contribution in [-0.4, -0.2) is 24.0 Å². The predicted molar refractivity (Wildman–Crippen MR) is 69.1 cm³/mol. The number of carbonyl (C=O) groups is 1. The number of nitrogens with one attached hydrogen (secondary N) is 1. The zero-order chi connectivity index (χ0) is 15.5. The van der Waals surface area contributed by atoms with Gasteiger partial charge in [-0.05, 0) is 37.5 Å². The Kier molecular flexibility index (Phi) is 4.69. The maximum Gasteiger partial charge on any atom is 0.416 e. The van der Waals surface area contributed by atoms with Crippen molar-refractivity contribution in [3.8, 4) is 0 Å². The fraction of sp³-hybridized carbons (Fsp3) is 0.500. The van der Waals surface area contributed by atoms with E-state index in [0.717, 1.165) is 31.4 Å². The summed E-state index contributed by atoms with van der Waals surface area (Å²) in [5.41, 5.74) is -1.10. The van der Waals surface area contributed by atoms with Crippen LogP contribution in [-0.2, 0) is 12.7 Å². The smallest absolute Gasteiger partial charge is 0.334 e. The van der Waals surface area contributed by atoms with Gasteiger partial charge in [0.15, 0.2) is 0 Å². The third kappa shape index (κ3) is 4.09. The lowest BCUT2D eigenvalue weighted by molar-refractivity contribution is -0.137. The van der Waals surface area contributed by atoms with Gasteiger partial charge in [-0.1, -0.05) is 0 Å². The molecule has 1 aliphatic heterocycles. The molecule has 1 N–H and O–H groups in total. The van der Waals surface area contributed by atoms with E-state index in [2.05, 4.69) is 5.32 Å². The van der Waals surface area contributed by atoms with E-state index < -0.39 is 17.6 Å². The molecule has 1 aromatic rings. The zero-order valence-electron chi connectivity index (χ0n) is 11.3. The van der Waals surface area contributed by atoms with Crippen molar-refractivity contribution in [1.29, 1.82) is 0 Å². The number of alkyl halides is 3. The predicted octanol–water partition coefficient (Wildman–Crippen LogP) is 3.54. The summed E-state index contributed by atoms with van der Waals surface area (Å²) in [5, 5.41) is 2.47. The van der Waals surface area contributed by atoms with Crippen LogP contribution in [0.5, 0.6) is 0 Å². The maximum absolute atomic E-state index is 13.5. The van der Waals surface area contributed by atoms with E-state index in [4.69, 9.17) is 0 Å². The number of benzene rings is 1. The summed E-state index contributed by atoms with van der Waals surface area (Å²) in [4.78, 5) is 13.4. The lowest BCUT2D eigenvalue weighted by Crippen LogP contribution is -2.42. The summed E-state index contributed by atoms with van der Waals surface area (Å²) < 4.78 is 51.2. The number of hydrogen-bond donors (Lipinski definition) is 1. The molecule has 0 aliphatic carbocycles. The minimum absolute atomic E-state index is 0.171. The van der Waals surface area contributed by atoms with E-state index in [1.165, 1.54) is 0 Å². The van der Waals surface area contributed by atoms with Crippen LogP contribution in [0.25, 0.3) is 0 Å². The second-order valence-electron chi connectivity index (χ2n) is 5.01. The Hall–Kier alpha value is -1.79.